The van der Waals surface area contributed by atoms with E-state index in [-0.39, 0.29) is 32.0 Å². The number of allylic oxidation sites excluding steroid dienone is 2. The first-order valence-corrected chi connectivity index (χ1v) is 25.4. The molecule has 0 heterocycles. The zero-order valence-electron chi connectivity index (χ0n) is 38.1. The van der Waals surface area contributed by atoms with Crippen molar-refractivity contribution in [3.8, 4) is 0 Å². The lowest BCUT2D eigenvalue weighted by atomic mass is 10.0. The van der Waals surface area contributed by atoms with E-state index in [0.717, 1.165) is 32.1 Å². The summed E-state index contributed by atoms with van der Waals surface area (Å²) in [5.41, 5.74) is 0. The van der Waals surface area contributed by atoms with E-state index in [9.17, 15) is 19.0 Å². The van der Waals surface area contributed by atoms with E-state index >= 15 is 0 Å². The number of carbonyl (C=O) groups is 2. The number of rotatable bonds is 44. The van der Waals surface area contributed by atoms with E-state index in [1.54, 1.807) is 0 Å². The molecule has 2 atom stereocenters. The maximum Gasteiger partial charge on any atom is 0.472 e. The van der Waals surface area contributed by atoms with Gasteiger partial charge in [0.15, 0.2) is 6.10 Å². The van der Waals surface area contributed by atoms with Crippen LogP contribution in [-0.4, -0.2) is 74.9 Å². The quantitative estimate of drug-likeness (QED) is 0.0213. The van der Waals surface area contributed by atoms with Crippen LogP contribution in [0.5, 0.6) is 0 Å². The summed E-state index contributed by atoms with van der Waals surface area (Å²) in [4.78, 5) is 35.4. The minimum absolute atomic E-state index is 0.0294. The average Bonchev–Trinajstić information content (AvgIpc) is 3.16. The van der Waals surface area contributed by atoms with Crippen molar-refractivity contribution in [2.24, 2.45) is 0 Å². The van der Waals surface area contributed by atoms with E-state index in [1.807, 2.05) is 27.2 Å². The lowest BCUT2D eigenvalue weighted by Gasteiger charge is -2.24. The van der Waals surface area contributed by atoms with Crippen LogP contribution in [-0.2, 0) is 32.7 Å². The fraction of sp³-hybridized carbons (Fsp3) is 0.915. The van der Waals surface area contributed by atoms with Crippen molar-refractivity contribution in [1.29, 1.82) is 0 Å². The average molecular weight is 831 g/mol. The molecule has 0 fully saturated rings. The molecule has 10 heteroatoms. The van der Waals surface area contributed by atoms with Crippen LogP contribution in [0.2, 0.25) is 0 Å². The van der Waals surface area contributed by atoms with E-state index in [4.69, 9.17) is 18.5 Å². The molecule has 57 heavy (non-hydrogen) atoms. The zero-order chi connectivity index (χ0) is 42.1. The summed E-state index contributed by atoms with van der Waals surface area (Å²) in [5, 5.41) is 0. The van der Waals surface area contributed by atoms with Gasteiger partial charge in [0.25, 0.3) is 0 Å². The maximum absolute atomic E-state index is 12.7. The van der Waals surface area contributed by atoms with Gasteiger partial charge in [-0.3, -0.25) is 18.6 Å². The van der Waals surface area contributed by atoms with Crippen LogP contribution < -0.4 is 0 Å². The van der Waals surface area contributed by atoms with Crippen molar-refractivity contribution in [3.63, 3.8) is 0 Å². The second-order valence-corrected chi connectivity index (χ2v) is 19.0. The summed E-state index contributed by atoms with van der Waals surface area (Å²) in [7, 11) is 1.47. The number of likely N-dealkylation sites (N-methyl/N-ethyl adjacent to an activating group) is 1. The number of nitrogens with zero attached hydrogens (tertiary/aromatic N) is 1. The van der Waals surface area contributed by atoms with Gasteiger partial charge in [-0.2, -0.15) is 0 Å². The van der Waals surface area contributed by atoms with Crippen LogP contribution in [0.1, 0.15) is 226 Å². The van der Waals surface area contributed by atoms with E-state index in [2.05, 4.69) is 19.9 Å². The molecule has 0 spiro atoms. The molecule has 0 aromatic rings. The topological polar surface area (TPSA) is 108 Å². The van der Waals surface area contributed by atoms with Crippen LogP contribution in [0, 0.1) is 0 Å². The standard InChI is InChI=1S/C47H92NO8P/c1-6-8-10-12-14-16-18-20-22-23-24-26-27-29-31-33-35-37-39-46(49)53-43-45(44-55-57(51,52)54-42-41-48(3,4)5)56-47(50)40-38-36-34-32-30-28-25-21-19-17-15-13-11-9-7-2/h34,36,45H,6-33,35,37-44H2,1-5H3/p+1/b36-34+/t45-/m1/s1. The van der Waals surface area contributed by atoms with E-state index in [1.165, 1.54) is 161 Å². The normalized spacial score (nSPS) is 13.6. The van der Waals surface area contributed by atoms with E-state index in [0.29, 0.717) is 17.4 Å². The number of hydrogen-bond acceptors (Lipinski definition) is 7. The summed E-state index contributed by atoms with van der Waals surface area (Å²) in [5.74, 6) is -0.842. The predicted molar refractivity (Wildman–Crippen MR) is 238 cm³/mol. The fourth-order valence-corrected chi connectivity index (χ4v) is 7.54. The molecule has 0 bridgehead atoms. The molecule has 0 radical (unpaired) electrons. The van der Waals surface area contributed by atoms with Crippen molar-refractivity contribution in [2.45, 2.75) is 232 Å². The molecule has 9 nitrogen and oxygen atoms in total. The first kappa shape index (κ1) is 55.8. The fourth-order valence-electron chi connectivity index (χ4n) is 6.80. The number of carbonyl (C=O) groups excluding carboxylic acids is 2. The van der Waals surface area contributed by atoms with E-state index < -0.39 is 26.5 Å². The molecule has 0 saturated carbocycles. The third kappa shape index (κ3) is 44.1. The second kappa shape index (κ2) is 40.2. The highest BCUT2D eigenvalue weighted by molar-refractivity contribution is 7.47. The van der Waals surface area contributed by atoms with Crippen LogP contribution >= 0.6 is 7.82 Å². The second-order valence-electron chi connectivity index (χ2n) is 17.5. The minimum Gasteiger partial charge on any atom is -0.462 e. The van der Waals surface area contributed by atoms with Gasteiger partial charge in [-0.1, -0.05) is 199 Å². The Balaban J connectivity index is 4.29. The molecule has 0 aromatic heterocycles. The lowest BCUT2D eigenvalue weighted by Crippen LogP contribution is -2.37. The highest BCUT2D eigenvalue weighted by atomic mass is 31.2. The molecule has 0 aliphatic rings. The first-order valence-electron chi connectivity index (χ1n) is 23.9. The molecule has 0 rings (SSSR count). The summed E-state index contributed by atoms with van der Waals surface area (Å²) < 4.78 is 34.3. The Morgan fingerprint density at radius 2 is 0.930 bits per heavy atom. The van der Waals surface area contributed by atoms with Crippen molar-refractivity contribution >= 4 is 19.8 Å². The molecule has 0 saturated heterocycles. The summed E-state index contributed by atoms with van der Waals surface area (Å²) in [6.07, 6.45) is 42.7. The van der Waals surface area contributed by atoms with Gasteiger partial charge in [0.05, 0.1) is 27.7 Å². The lowest BCUT2D eigenvalue weighted by molar-refractivity contribution is -0.870. The monoisotopic (exact) mass is 831 g/mol. The molecule has 0 aromatic carbocycles. The van der Waals surface area contributed by atoms with Gasteiger partial charge in [0.1, 0.15) is 19.8 Å². The van der Waals surface area contributed by atoms with Gasteiger partial charge in [-0.05, 0) is 25.7 Å². The number of quaternary nitrogens is 1. The summed E-state index contributed by atoms with van der Waals surface area (Å²) in [6, 6.07) is 0. The molecule has 0 aliphatic carbocycles. The van der Waals surface area contributed by atoms with Gasteiger partial charge in [-0.15, -0.1) is 0 Å². The third-order valence-electron chi connectivity index (χ3n) is 10.6. The summed E-state index contributed by atoms with van der Waals surface area (Å²) in [6.45, 7) is 4.42. The van der Waals surface area contributed by atoms with Crippen LogP contribution in [0.25, 0.3) is 0 Å². The predicted octanol–water partition coefficient (Wildman–Crippen LogP) is 13.8. The number of hydrogen-bond donors (Lipinski definition) is 1. The van der Waals surface area contributed by atoms with Crippen LogP contribution in [0.4, 0.5) is 0 Å². The SMILES string of the molecule is CCCCCCCCCCCCC/C=C/CCC(=O)O[C@H](COC(=O)CCCCCCCCCCCCCCCCCCCC)COP(=O)(O)OCC[N+](C)(C)C. The van der Waals surface area contributed by atoms with Crippen LogP contribution in [0.15, 0.2) is 12.2 Å². The number of unbranched alkanes of at least 4 members (excludes halogenated alkanes) is 28. The minimum atomic E-state index is -4.38. The number of phosphoric ester groups is 1. The maximum atomic E-state index is 12.7. The van der Waals surface area contributed by atoms with Crippen molar-refractivity contribution in [3.05, 3.63) is 12.2 Å². The molecule has 1 N–H and O–H groups in total. The zero-order valence-corrected chi connectivity index (χ0v) is 39.0. The van der Waals surface area contributed by atoms with Gasteiger partial charge in [0, 0.05) is 12.8 Å². The van der Waals surface area contributed by atoms with Gasteiger partial charge in [0.2, 0.25) is 0 Å². The van der Waals surface area contributed by atoms with Crippen molar-refractivity contribution < 1.29 is 42.1 Å². The Morgan fingerprint density at radius 3 is 1.37 bits per heavy atom. The van der Waals surface area contributed by atoms with Crippen molar-refractivity contribution in [1.82, 2.24) is 0 Å². The molecule has 1 unspecified atom stereocenters. The summed E-state index contributed by atoms with van der Waals surface area (Å²) >= 11 is 0. The molecular weight excluding hydrogens is 737 g/mol. The van der Waals surface area contributed by atoms with Crippen LogP contribution in [0.3, 0.4) is 0 Å². The highest BCUT2D eigenvalue weighted by Gasteiger charge is 2.27. The van der Waals surface area contributed by atoms with Gasteiger partial charge in [-0.25, -0.2) is 4.57 Å². The molecule has 338 valence electrons. The van der Waals surface area contributed by atoms with Gasteiger partial charge >= 0.3 is 19.8 Å². The van der Waals surface area contributed by atoms with Crippen molar-refractivity contribution in [2.75, 3.05) is 47.5 Å². The highest BCUT2D eigenvalue weighted by Crippen LogP contribution is 2.43. The largest absolute Gasteiger partial charge is 0.472 e. The Bertz CT molecular complexity index is 985. The Labute approximate surface area is 352 Å². The number of esters is 2. The Hall–Kier alpha value is -1.25. The third-order valence-corrected chi connectivity index (χ3v) is 11.5. The molecular formula is C47H93NO8P+. The molecule has 0 aliphatic heterocycles. The molecule has 0 amide bonds. The first-order chi connectivity index (χ1) is 27.5. The number of phosphoric acid groups is 1. The smallest absolute Gasteiger partial charge is 0.462 e. The number of ether oxygens (including phenoxy) is 2. The Kier molecular flexibility index (Phi) is 39.3. The van der Waals surface area contributed by atoms with Gasteiger partial charge < -0.3 is 18.9 Å². The Morgan fingerprint density at radius 1 is 0.526 bits per heavy atom.